The van der Waals surface area contributed by atoms with E-state index >= 15 is 0 Å². The van der Waals surface area contributed by atoms with E-state index in [2.05, 4.69) is 11.1 Å². The van der Waals surface area contributed by atoms with Crippen LogP contribution in [0.2, 0.25) is 0 Å². The normalized spacial score (nSPS) is 11.6. The molecule has 0 radical (unpaired) electrons. The molecule has 0 aliphatic carbocycles. The van der Waals surface area contributed by atoms with Gasteiger partial charge in [0.25, 0.3) is 0 Å². The molecule has 0 bridgehead atoms. The van der Waals surface area contributed by atoms with Crippen LogP contribution < -0.4 is 29.6 Å². The Hall–Kier alpha value is 0.710. The van der Waals surface area contributed by atoms with Crippen molar-refractivity contribution in [3.05, 3.63) is 0 Å². The quantitative estimate of drug-likeness (QED) is 0.0584. The van der Waals surface area contributed by atoms with E-state index in [0.29, 0.717) is 39.6 Å². The second kappa shape index (κ2) is 31.9. The van der Waals surface area contributed by atoms with Crippen molar-refractivity contribution < 1.29 is 65.7 Å². The zero-order valence-corrected chi connectivity index (χ0v) is 26.2. The molecule has 0 spiro atoms. The van der Waals surface area contributed by atoms with Crippen molar-refractivity contribution >= 4 is 10.4 Å². The maximum absolute atomic E-state index is 10.2. The van der Waals surface area contributed by atoms with E-state index in [-0.39, 0.29) is 42.8 Å². The SMILES string of the molecule is CCCCCCCCCCCCCCCCCCOCCOCCOCCOCCOS(=O)(=O)[O-].[Na+]. The van der Waals surface area contributed by atoms with Crippen molar-refractivity contribution in [1.82, 2.24) is 0 Å². The smallest absolute Gasteiger partial charge is 0.726 e. The fraction of sp³-hybridized carbons (Fsp3) is 1.00. The number of hydrogen-bond acceptors (Lipinski definition) is 8. The molecule has 0 aromatic carbocycles. The number of hydrogen-bond donors (Lipinski definition) is 0. The standard InChI is InChI=1S/C26H54O8S.Na/c1-2-3-4-5-6-7-8-9-10-11-12-13-14-15-16-17-18-30-19-20-31-21-22-32-23-24-33-25-26-34-35(27,28)29;/h2-26H2,1H3,(H,27,28,29);/q;+1/p-1. The zero-order chi connectivity index (χ0) is 25.7. The van der Waals surface area contributed by atoms with Crippen molar-refractivity contribution in [2.45, 2.75) is 110 Å². The van der Waals surface area contributed by atoms with Crippen molar-refractivity contribution in [1.29, 1.82) is 0 Å². The van der Waals surface area contributed by atoms with Gasteiger partial charge in [0.15, 0.2) is 0 Å². The Kier molecular flexibility index (Phi) is 34.5. The Morgan fingerprint density at radius 3 is 1.06 bits per heavy atom. The zero-order valence-electron chi connectivity index (χ0n) is 23.4. The third-order valence-corrected chi connectivity index (χ3v) is 6.17. The number of ether oxygens (including phenoxy) is 4. The molecule has 0 saturated carbocycles. The fourth-order valence-electron chi connectivity index (χ4n) is 3.71. The summed E-state index contributed by atoms with van der Waals surface area (Å²) < 4.78 is 56.0. The molecule has 0 atom stereocenters. The molecule has 212 valence electrons. The molecular weight excluding hydrogens is 495 g/mol. The van der Waals surface area contributed by atoms with Crippen LogP contribution in [0, 0.1) is 0 Å². The van der Waals surface area contributed by atoms with Gasteiger partial charge in [0.05, 0.1) is 52.9 Å². The van der Waals surface area contributed by atoms with Gasteiger partial charge in [-0.15, -0.1) is 0 Å². The van der Waals surface area contributed by atoms with Gasteiger partial charge in [0.1, 0.15) is 0 Å². The van der Waals surface area contributed by atoms with Gasteiger partial charge in [-0.1, -0.05) is 103 Å². The molecule has 0 aliphatic rings. The minimum atomic E-state index is -4.64. The first-order chi connectivity index (χ1) is 17.1. The van der Waals surface area contributed by atoms with Crippen molar-refractivity contribution in [3.63, 3.8) is 0 Å². The van der Waals surface area contributed by atoms with Gasteiger partial charge in [-0.2, -0.15) is 0 Å². The van der Waals surface area contributed by atoms with E-state index in [1.165, 1.54) is 96.3 Å². The molecule has 0 aromatic rings. The Morgan fingerprint density at radius 1 is 0.444 bits per heavy atom. The van der Waals surface area contributed by atoms with Gasteiger partial charge in [0.2, 0.25) is 10.4 Å². The summed E-state index contributed by atoms with van der Waals surface area (Å²) in [7, 11) is -4.64. The Labute approximate surface area is 244 Å². The largest absolute Gasteiger partial charge is 1.00 e. The molecule has 36 heavy (non-hydrogen) atoms. The first-order valence-electron chi connectivity index (χ1n) is 14.0. The molecule has 8 nitrogen and oxygen atoms in total. The third kappa shape index (κ3) is 36.9. The summed E-state index contributed by atoms with van der Waals surface area (Å²) in [5.74, 6) is 0. The fourth-order valence-corrected chi connectivity index (χ4v) is 3.98. The van der Waals surface area contributed by atoms with Crippen LogP contribution in [0.1, 0.15) is 110 Å². The van der Waals surface area contributed by atoms with Gasteiger partial charge < -0.3 is 23.5 Å². The first-order valence-corrected chi connectivity index (χ1v) is 15.3. The summed E-state index contributed by atoms with van der Waals surface area (Å²) in [6.45, 7) is 5.57. The second-order valence-corrected chi connectivity index (χ2v) is 10.0. The molecule has 0 aliphatic heterocycles. The van der Waals surface area contributed by atoms with E-state index < -0.39 is 10.4 Å². The Morgan fingerprint density at radius 2 is 0.722 bits per heavy atom. The number of rotatable bonds is 30. The van der Waals surface area contributed by atoms with E-state index in [0.717, 1.165) is 13.0 Å². The van der Waals surface area contributed by atoms with Gasteiger partial charge >= 0.3 is 29.6 Å². The molecule has 0 N–H and O–H groups in total. The summed E-state index contributed by atoms with van der Waals surface area (Å²) in [4.78, 5) is 0. The van der Waals surface area contributed by atoms with E-state index in [1.54, 1.807) is 0 Å². The van der Waals surface area contributed by atoms with Crippen LogP contribution in [0.4, 0.5) is 0 Å². The topological polar surface area (TPSA) is 103 Å². The molecule has 10 heteroatoms. The average molecular weight is 549 g/mol. The first kappa shape index (κ1) is 38.9. The Bertz CT molecular complexity index is 508. The molecule has 0 unspecified atom stereocenters. The molecule has 0 fully saturated rings. The summed E-state index contributed by atoms with van der Waals surface area (Å²) >= 11 is 0. The van der Waals surface area contributed by atoms with Crippen LogP contribution in [-0.4, -0.2) is 72.4 Å². The van der Waals surface area contributed by atoms with E-state index in [9.17, 15) is 13.0 Å². The van der Waals surface area contributed by atoms with Crippen LogP contribution in [-0.2, 0) is 33.5 Å². The predicted octanol–water partition coefficient (Wildman–Crippen LogP) is 2.80. The summed E-state index contributed by atoms with van der Waals surface area (Å²) in [5.41, 5.74) is 0. The molecule has 0 rings (SSSR count). The maximum Gasteiger partial charge on any atom is 1.00 e. The van der Waals surface area contributed by atoms with Crippen molar-refractivity contribution in [2.75, 3.05) is 59.5 Å². The maximum atomic E-state index is 10.2. The van der Waals surface area contributed by atoms with Gasteiger partial charge in [0, 0.05) is 6.61 Å². The Balaban J connectivity index is 0. The molecular formula is C26H53NaO8S. The molecule has 0 amide bonds. The molecule has 0 aromatic heterocycles. The second-order valence-electron chi connectivity index (χ2n) is 8.98. The minimum absolute atomic E-state index is 0. The number of unbranched alkanes of at least 4 members (excludes halogenated alkanes) is 15. The van der Waals surface area contributed by atoms with Crippen molar-refractivity contribution in [3.8, 4) is 0 Å². The van der Waals surface area contributed by atoms with Gasteiger partial charge in [-0.25, -0.2) is 8.42 Å². The van der Waals surface area contributed by atoms with Crippen LogP contribution in [0.15, 0.2) is 0 Å². The molecule has 0 heterocycles. The summed E-state index contributed by atoms with van der Waals surface area (Å²) in [5, 5.41) is 0. The van der Waals surface area contributed by atoms with E-state index in [4.69, 9.17) is 18.9 Å². The van der Waals surface area contributed by atoms with E-state index in [1.807, 2.05) is 0 Å². The van der Waals surface area contributed by atoms with Crippen molar-refractivity contribution in [2.24, 2.45) is 0 Å². The van der Waals surface area contributed by atoms with Gasteiger partial charge in [-0.3, -0.25) is 4.18 Å². The van der Waals surface area contributed by atoms with Crippen LogP contribution >= 0.6 is 0 Å². The van der Waals surface area contributed by atoms with Crippen LogP contribution in [0.3, 0.4) is 0 Å². The predicted molar refractivity (Wildman–Crippen MR) is 138 cm³/mol. The summed E-state index contributed by atoms with van der Waals surface area (Å²) in [6.07, 6.45) is 22.0. The van der Waals surface area contributed by atoms with Gasteiger partial charge in [-0.05, 0) is 6.42 Å². The molecule has 0 saturated heterocycles. The summed E-state index contributed by atoms with van der Waals surface area (Å²) in [6, 6.07) is 0. The average Bonchev–Trinajstić information content (AvgIpc) is 2.82. The van der Waals surface area contributed by atoms with Crippen LogP contribution in [0.5, 0.6) is 0 Å². The van der Waals surface area contributed by atoms with Crippen LogP contribution in [0.25, 0.3) is 0 Å². The third-order valence-electron chi connectivity index (χ3n) is 5.71. The minimum Gasteiger partial charge on any atom is -0.726 e. The monoisotopic (exact) mass is 548 g/mol.